The first kappa shape index (κ1) is 26.6. The Labute approximate surface area is 248 Å². The van der Waals surface area contributed by atoms with Crippen LogP contribution in [0.3, 0.4) is 0 Å². The van der Waals surface area contributed by atoms with E-state index in [2.05, 4.69) is 88.7 Å². The van der Waals surface area contributed by atoms with Gasteiger partial charge in [0.2, 0.25) is 5.56 Å². The lowest BCUT2D eigenvalue weighted by Crippen LogP contribution is -2.48. The summed E-state index contributed by atoms with van der Waals surface area (Å²) in [6.07, 6.45) is 1.96. The first-order chi connectivity index (χ1) is 20.0. The Balaban J connectivity index is 1.16. The van der Waals surface area contributed by atoms with E-state index in [1.54, 1.807) is 29.6 Å². The molecule has 4 aromatic rings. The molecule has 3 aliphatic rings. The lowest BCUT2D eigenvalue weighted by atomic mass is 9.89. The molecule has 0 aliphatic carbocycles. The van der Waals surface area contributed by atoms with Crippen LogP contribution >= 0.6 is 23.5 Å². The molecule has 210 valence electrons. The van der Waals surface area contributed by atoms with Crippen LogP contribution in [0, 0.1) is 12.8 Å². The fourth-order valence-corrected chi connectivity index (χ4v) is 8.23. The largest absolute Gasteiger partial charge is 0.378 e. The van der Waals surface area contributed by atoms with Crippen LogP contribution in [0.1, 0.15) is 17.3 Å². The zero-order valence-electron chi connectivity index (χ0n) is 23.2. The van der Waals surface area contributed by atoms with E-state index in [-0.39, 0.29) is 11.6 Å². The predicted octanol–water partition coefficient (Wildman–Crippen LogP) is 5.91. The minimum atomic E-state index is -0.0820. The number of rotatable bonds is 6. The van der Waals surface area contributed by atoms with Crippen molar-refractivity contribution in [3.8, 4) is 11.3 Å². The number of nitrogens with zero attached hydrogens (tertiary/aromatic N) is 3. The molecule has 7 nitrogen and oxygen atoms in total. The van der Waals surface area contributed by atoms with Crippen LogP contribution in [0.4, 0.5) is 11.4 Å². The number of likely N-dealkylation sites (tertiary alicyclic amines) is 1. The number of hydrogen-bond acceptors (Lipinski definition) is 8. The van der Waals surface area contributed by atoms with Crippen LogP contribution in [-0.4, -0.2) is 61.3 Å². The minimum Gasteiger partial charge on any atom is -0.378 e. The smallest absolute Gasteiger partial charge is 0.250 e. The van der Waals surface area contributed by atoms with Gasteiger partial charge in [0.25, 0.3) is 0 Å². The maximum absolute atomic E-state index is 12.7. The van der Waals surface area contributed by atoms with Crippen molar-refractivity contribution in [2.45, 2.75) is 32.5 Å². The van der Waals surface area contributed by atoms with Gasteiger partial charge in [-0.2, -0.15) is 0 Å². The van der Waals surface area contributed by atoms with Gasteiger partial charge in [-0.3, -0.25) is 9.78 Å². The highest BCUT2D eigenvalue weighted by molar-refractivity contribution is 8.05. The molecule has 2 aromatic carbocycles. The van der Waals surface area contributed by atoms with Gasteiger partial charge in [-0.25, -0.2) is 0 Å². The summed E-state index contributed by atoms with van der Waals surface area (Å²) in [5.74, 6) is 0.520. The van der Waals surface area contributed by atoms with Gasteiger partial charge in [0.15, 0.2) is 0 Å². The molecule has 41 heavy (non-hydrogen) atoms. The Bertz CT molecular complexity index is 1630. The van der Waals surface area contributed by atoms with E-state index in [1.165, 1.54) is 25.1 Å². The summed E-state index contributed by atoms with van der Waals surface area (Å²) in [7, 11) is 2.17. The van der Waals surface area contributed by atoms with Crippen LogP contribution in [0.15, 0.2) is 91.2 Å². The third-order valence-corrected chi connectivity index (χ3v) is 10.6. The van der Waals surface area contributed by atoms with Crippen LogP contribution in [0.25, 0.3) is 11.3 Å². The molecule has 3 aliphatic heterocycles. The zero-order chi connectivity index (χ0) is 27.9. The molecule has 2 saturated heterocycles. The number of ether oxygens (including phenoxy) is 1. The number of pyridine rings is 2. The van der Waals surface area contributed by atoms with Crippen molar-refractivity contribution in [3.05, 3.63) is 88.5 Å². The second-order valence-corrected chi connectivity index (χ2v) is 13.2. The van der Waals surface area contributed by atoms with Gasteiger partial charge in [-0.15, -0.1) is 0 Å². The fraction of sp³-hybridized carbons (Fsp3) is 0.312. The van der Waals surface area contributed by atoms with Gasteiger partial charge in [0, 0.05) is 80.9 Å². The number of hydrogen-bond donors (Lipinski definition) is 2. The number of aryl methyl sites for hydroxylation is 1. The van der Waals surface area contributed by atoms with Crippen molar-refractivity contribution < 1.29 is 4.74 Å². The number of fused-ring (bicyclic) bond motifs is 2. The van der Waals surface area contributed by atoms with Crippen molar-refractivity contribution in [2.75, 3.05) is 56.7 Å². The average Bonchev–Trinajstić information content (AvgIpc) is 2.97. The van der Waals surface area contributed by atoms with Crippen molar-refractivity contribution in [1.82, 2.24) is 14.9 Å². The van der Waals surface area contributed by atoms with Gasteiger partial charge in [0.05, 0.1) is 30.6 Å². The van der Waals surface area contributed by atoms with Crippen LogP contribution in [-0.2, 0) is 4.74 Å². The van der Waals surface area contributed by atoms with Gasteiger partial charge in [-0.1, -0.05) is 41.7 Å². The highest BCUT2D eigenvalue weighted by Crippen LogP contribution is 2.52. The SMILES string of the molecule is Cc1ccc(C(Nc2ccc3c(c2)Sc2cccc(-c4cc(N5CCOCC5)cc(=O)[nH]4)c2S3)C2CN(C)C2)nc1. The zero-order valence-corrected chi connectivity index (χ0v) is 24.9. The molecule has 1 atom stereocenters. The number of morpholine rings is 1. The molecule has 0 amide bonds. The van der Waals surface area contributed by atoms with Crippen molar-refractivity contribution >= 4 is 34.9 Å². The second-order valence-electron chi connectivity index (χ2n) is 11.1. The first-order valence-electron chi connectivity index (χ1n) is 14.1. The highest BCUT2D eigenvalue weighted by Gasteiger charge is 2.33. The Morgan fingerprint density at radius 2 is 1.85 bits per heavy atom. The van der Waals surface area contributed by atoms with E-state index >= 15 is 0 Å². The number of aromatic amines is 1. The van der Waals surface area contributed by atoms with E-state index in [4.69, 9.17) is 9.72 Å². The maximum atomic E-state index is 12.7. The number of aromatic nitrogens is 2. The third-order valence-electron chi connectivity index (χ3n) is 7.99. The van der Waals surface area contributed by atoms with E-state index in [0.29, 0.717) is 19.1 Å². The lowest BCUT2D eigenvalue weighted by molar-refractivity contribution is 0.116. The monoisotopic (exact) mass is 583 g/mol. The third kappa shape index (κ3) is 5.51. The van der Waals surface area contributed by atoms with Gasteiger partial charge in [-0.05, 0) is 55.9 Å². The molecule has 2 fully saturated rings. The van der Waals surface area contributed by atoms with Crippen molar-refractivity contribution in [3.63, 3.8) is 0 Å². The molecule has 7 rings (SSSR count). The number of H-pyrrole nitrogens is 1. The fourth-order valence-electron chi connectivity index (χ4n) is 5.82. The number of anilines is 2. The Hall–Kier alpha value is -3.24. The molecule has 0 bridgehead atoms. The van der Waals surface area contributed by atoms with Gasteiger partial charge >= 0.3 is 0 Å². The topological polar surface area (TPSA) is 73.5 Å². The molecule has 0 radical (unpaired) electrons. The lowest BCUT2D eigenvalue weighted by Gasteiger charge is -2.41. The second kappa shape index (κ2) is 11.2. The predicted molar refractivity (Wildman–Crippen MR) is 167 cm³/mol. The first-order valence-corrected chi connectivity index (χ1v) is 15.7. The maximum Gasteiger partial charge on any atom is 0.250 e. The quantitative estimate of drug-likeness (QED) is 0.256. The average molecular weight is 584 g/mol. The summed E-state index contributed by atoms with van der Waals surface area (Å²) >= 11 is 3.57. The molecule has 0 spiro atoms. The number of nitrogens with one attached hydrogen (secondary N) is 2. The van der Waals surface area contributed by atoms with E-state index in [9.17, 15) is 4.79 Å². The van der Waals surface area contributed by atoms with Crippen LogP contribution in [0.2, 0.25) is 0 Å². The summed E-state index contributed by atoms with van der Waals surface area (Å²) in [4.78, 5) is 30.0. The van der Waals surface area contributed by atoms with Crippen LogP contribution < -0.4 is 15.8 Å². The summed E-state index contributed by atoms with van der Waals surface area (Å²) in [5.41, 5.74) is 6.16. The van der Waals surface area contributed by atoms with E-state index in [0.717, 1.165) is 54.5 Å². The molecule has 2 aromatic heterocycles. The van der Waals surface area contributed by atoms with Gasteiger partial charge < -0.3 is 24.8 Å². The standard InChI is InChI=1S/C32H33N5O2S2/c1-20-6-8-25(33-17-20)31(21-18-36(2)19-21)34-22-7-9-27-29(14-22)40-28-5-3-4-24(32(28)41-27)26-15-23(16-30(38)35-26)37-10-12-39-13-11-37/h3-9,14-17,21,31,34H,10-13,18-19H2,1-2H3,(H,35,38). The Kier molecular flexibility index (Phi) is 7.28. The minimum absolute atomic E-state index is 0.0820. The normalized spacial score (nSPS) is 17.9. The van der Waals surface area contributed by atoms with Crippen molar-refractivity contribution in [1.29, 1.82) is 0 Å². The molecule has 0 saturated carbocycles. The molecule has 2 N–H and O–H groups in total. The van der Waals surface area contributed by atoms with Crippen molar-refractivity contribution in [2.24, 2.45) is 5.92 Å². The number of benzene rings is 2. The molecular weight excluding hydrogens is 551 g/mol. The molecule has 1 unspecified atom stereocenters. The summed E-state index contributed by atoms with van der Waals surface area (Å²) in [6.45, 7) is 7.16. The van der Waals surface area contributed by atoms with E-state index < -0.39 is 0 Å². The molecular formula is C32H33N5O2S2. The van der Waals surface area contributed by atoms with E-state index in [1.807, 2.05) is 6.20 Å². The van der Waals surface area contributed by atoms with Crippen LogP contribution in [0.5, 0.6) is 0 Å². The molecule has 5 heterocycles. The summed E-state index contributed by atoms with van der Waals surface area (Å²) in [5, 5.41) is 3.83. The Morgan fingerprint density at radius 1 is 1.00 bits per heavy atom. The highest BCUT2D eigenvalue weighted by atomic mass is 32.2. The molecule has 9 heteroatoms. The van der Waals surface area contributed by atoms with Gasteiger partial charge in [0.1, 0.15) is 0 Å². The summed E-state index contributed by atoms with van der Waals surface area (Å²) in [6, 6.07) is 21.3. The summed E-state index contributed by atoms with van der Waals surface area (Å²) < 4.78 is 5.51. The Morgan fingerprint density at radius 3 is 2.63 bits per heavy atom.